The van der Waals surface area contributed by atoms with Gasteiger partial charge in [-0.2, -0.15) is 8.75 Å². The lowest BCUT2D eigenvalue weighted by atomic mass is 10.3. The van der Waals surface area contributed by atoms with Gasteiger partial charge in [-0.15, -0.1) is 0 Å². The molecule has 108 valence electrons. The van der Waals surface area contributed by atoms with Crippen molar-refractivity contribution in [3.8, 4) is 0 Å². The summed E-state index contributed by atoms with van der Waals surface area (Å²) in [4.78, 5) is 0.0352. The number of sulfone groups is 1. The zero-order valence-electron chi connectivity index (χ0n) is 10.2. The van der Waals surface area contributed by atoms with E-state index in [0.29, 0.717) is 17.5 Å². The molecule has 1 aromatic carbocycles. The minimum atomic E-state index is -3.80. The number of benzene rings is 1. The molecule has 1 atom stereocenters. The van der Waals surface area contributed by atoms with Crippen molar-refractivity contribution >= 4 is 42.6 Å². The molecule has 1 aliphatic heterocycles. The van der Waals surface area contributed by atoms with Crippen molar-refractivity contribution in [3.05, 3.63) is 18.2 Å². The lowest BCUT2D eigenvalue weighted by Crippen LogP contribution is -2.35. The van der Waals surface area contributed by atoms with E-state index < -0.39 is 25.9 Å². The minimum Gasteiger partial charge on any atom is -0.229 e. The Balaban J connectivity index is 1.95. The quantitative estimate of drug-likeness (QED) is 0.857. The van der Waals surface area contributed by atoms with E-state index in [2.05, 4.69) is 13.5 Å². The predicted octanol–water partition coefficient (Wildman–Crippen LogP) is 0.157. The second-order valence-electron chi connectivity index (χ2n) is 4.61. The van der Waals surface area contributed by atoms with E-state index in [1.165, 1.54) is 6.07 Å². The third-order valence-electron chi connectivity index (χ3n) is 3.09. The average Bonchev–Trinajstić information content (AvgIpc) is 2.94. The second-order valence-corrected chi connectivity index (χ2v) is 9.05. The van der Waals surface area contributed by atoms with Crippen molar-refractivity contribution in [2.24, 2.45) is 0 Å². The Morgan fingerprint density at radius 3 is 2.80 bits per heavy atom. The largest absolute Gasteiger partial charge is 0.243 e. The highest BCUT2D eigenvalue weighted by atomic mass is 32.2. The smallest absolute Gasteiger partial charge is 0.229 e. The van der Waals surface area contributed by atoms with E-state index in [1.54, 1.807) is 12.1 Å². The van der Waals surface area contributed by atoms with Crippen molar-refractivity contribution < 1.29 is 16.8 Å². The summed E-state index contributed by atoms with van der Waals surface area (Å²) < 4.78 is 57.9. The number of hydrogen-bond donors (Lipinski definition) is 1. The number of nitrogens with one attached hydrogen (secondary N) is 1. The van der Waals surface area contributed by atoms with E-state index in [-0.39, 0.29) is 16.4 Å². The van der Waals surface area contributed by atoms with Crippen molar-refractivity contribution in [2.45, 2.75) is 17.4 Å². The predicted molar refractivity (Wildman–Crippen MR) is 74.8 cm³/mol. The molecule has 1 saturated heterocycles. The molecule has 3 rings (SSSR count). The van der Waals surface area contributed by atoms with Crippen LogP contribution in [0.25, 0.3) is 11.0 Å². The monoisotopic (exact) mass is 333 g/mol. The fraction of sp³-hybridized carbons (Fsp3) is 0.400. The molecule has 1 unspecified atom stereocenters. The van der Waals surface area contributed by atoms with E-state index in [1.807, 2.05) is 0 Å². The van der Waals surface area contributed by atoms with Crippen LogP contribution in [-0.2, 0) is 19.9 Å². The molecule has 0 spiro atoms. The third kappa shape index (κ3) is 2.55. The van der Waals surface area contributed by atoms with Gasteiger partial charge in [0.15, 0.2) is 9.84 Å². The number of hydrogen-bond acceptors (Lipinski definition) is 7. The topological polar surface area (TPSA) is 106 Å². The molecule has 0 amide bonds. The zero-order valence-corrected chi connectivity index (χ0v) is 12.6. The van der Waals surface area contributed by atoms with Gasteiger partial charge in [0, 0.05) is 6.04 Å². The van der Waals surface area contributed by atoms with Crippen molar-refractivity contribution in [3.63, 3.8) is 0 Å². The summed E-state index contributed by atoms with van der Waals surface area (Å²) in [5.41, 5.74) is 0.822. The van der Waals surface area contributed by atoms with E-state index >= 15 is 0 Å². The van der Waals surface area contributed by atoms with Gasteiger partial charge in [-0.05, 0) is 18.6 Å². The van der Waals surface area contributed by atoms with Crippen LogP contribution in [0.4, 0.5) is 0 Å². The van der Waals surface area contributed by atoms with Gasteiger partial charge in [-0.1, -0.05) is 6.07 Å². The number of aromatic nitrogens is 2. The third-order valence-corrected chi connectivity index (χ3v) is 6.96. The van der Waals surface area contributed by atoms with Crippen LogP contribution in [0.15, 0.2) is 23.1 Å². The minimum absolute atomic E-state index is 0.0165. The first-order chi connectivity index (χ1) is 9.37. The van der Waals surface area contributed by atoms with Crippen molar-refractivity contribution in [2.75, 3.05) is 11.5 Å². The summed E-state index contributed by atoms with van der Waals surface area (Å²) in [5, 5.41) is 0. The zero-order chi connectivity index (χ0) is 14.4. The van der Waals surface area contributed by atoms with Gasteiger partial charge in [0.25, 0.3) is 0 Å². The second kappa shape index (κ2) is 4.72. The lowest BCUT2D eigenvalue weighted by Gasteiger charge is -2.11. The van der Waals surface area contributed by atoms with Gasteiger partial charge in [0.05, 0.1) is 23.2 Å². The Morgan fingerprint density at radius 1 is 1.30 bits per heavy atom. The van der Waals surface area contributed by atoms with Crippen LogP contribution in [0.3, 0.4) is 0 Å². The Bertz CT molecular complexity index is 857. The molecule has 0 radical (unpaired) electrons. The van der Waals surface area contributed by atoms with Crippen LogP contribution in [0.1, 0.15) is 6.42 Å². The molecule has 10 heteroatoms. The Kier molecular flexibility index (Phi) is 3.27. The van der Waals surface area contributed by atoms with Gasteiger partial charge in [0.2, 0.25) is 10.0 Å². The first-order valence-corrected chi connectivity index (χ1v) is 9.85. The average molecular weight is 333 g/mol. The maximum Gasteiger partial charge on any atom is 0.243 e. The van der Waals surface area contributed by atoms with E-state index in [9.17, 15) is 16.8 Å². The van der Waals surface area contributed by atoms with Crippen LogP contribution in [0, 0.1) is 0 Å². The summed E-state index contributed by atoms with van der Waals surface area (Å²) in [6.07, 6.45) is 0.298. The molecule has 20 heavy (non-hydrogen) atoms. The Hall–Kier alpha value is -1.10. The van der Waals surface area contributed by atoms with E-state index in [0.717, 1.165) is 11.7 Å². The highest BCUT2D eigenvalue weighted by Crippen LogP contribution is 2.22. The number of sulfonamides is 1. The SMILES string of the molecule is O=S1(=O)CCC(NS(=O)(=O)c2cccc3nsnc23)C1. The van der Waals surface area contributed by atoms with Gasteiger partial charge < -0.3 is 0 Å². The maximum atomic E-state index is 12.3. The molecular weight excluding hydrogens is 322 g/mol. The normalized spacial score (nSPS) is 22.3. The molecule has 0 aliphatic carbocycles. The van der Waals surface area contributed by atoms with Gasteiger partial charge in [-0.25, -0.2) is 21.6 Å². The molecule has 1 aromatic heterocycles. The molecule has 0 saturated carbocycles. The van der Waals surface area contributed by atoms with Gasteiger partial charge in [-0.3, -0.25) is 0 Å². The van der Waals surface area contributed by atoms with Crippen LogP contribution in [0.2, 0.25) is 0 Å². The fourth-order valence-corrected chi connectivity index (χ4v) is 5.98. The summed E-state index contributed by atoms with van der Waals surface area (Å²) in [6.45, 7) is 0. The summed E-state index contributed by atoms with van der Waals surface area (Å²) >= 11 is 0.938. The molecule has 2 heterocycles. The van der Waals surface area contributed by atoms with E-state index in [4.69, 9.17) is 0 Å². The Labute approximate surface area is 120 Å². The van der Waals surface area contributed by atoms with Gasteiger partial charge >= 0.3 is 0 Å². The van der Waals surface area contributed by atoms with Crippen molar-refractivity contribution in [1.29, 1.82) is 0 Å². The molecule has 0 bridgehead atoms. The van der Waals surface area contributed by atoms with Crippen LogP contribution in [0.5, 0.6) is 0 Å². The first kappa shape index (κ1) is 13.9. The number of fused-ring (bicyclic) bond motifs is 1. The van der Waals surface area contributed by atoms with Gasteiger partial charge in [0.1, 0.15) is 15.9 Å². The highest BCUT2D eigenvalue weighted by Gasteiger charge is 2.32. The molecular formula is C10H11N3O4S3. The summed E-state index contributed by atoms with van der Waals surface area (Å²) in [6, 6.07) is 4.13. The molecule has 2 aromatic rings. The molecule has 1 fully saturated rings. The number of rotatable bonds is 3. The standard InChI is InChI=1S/C10H11N3O4S3/c14-19(15)5-4-7(6-19)13-20(16,17)9-3-1-2-8-10(9)12-18-11-8/h1-3,7,13H,4-6H2. The number of nitrogens with zero attached hydrogens (tertiary/aromatic N) is 2. The van der Waals surface area contributed by atoms with Crippen molar-refractivity contribution in [1.82, 2.24) is 13.5 Å². The molecule has 1 aliphatic rings. The summed E-state index contributed by atoms with van der Waals surface area (Å²) in [7, 11) is -6.94. The lowest BCUT2D eigenvalue weighted by molar-refractivity contribution is 0.563. The highest BCUT2D eigenvalue weighted by molar-refractivity contribution is 7.92. The maximum absolute atomic E-state index is 12.3. The molecule has 7 nitrogen and oxygen atoms in total. The first-order valence-electron chi connectivity index (χ1n) is 5.81. The molecule has 1 N–H and O–H groups in total. The van der Waals surface area contributed by atoms with Crippen LogP contribution < -0.4 is 4.72 Å². The summed E-state index contributed by atoms with van der Waals surface area (Å²) in [5.74, 6) is -0.139. The van der Waals surface area contributed by atoms with Crippen LogP contribution in [-0.4, -0.2) is 43.1 Å². The fourth-order valence-electron chi connectivity index (χ4n) is 2.17. The Morgan fingerprint density at radius 2 is 2.10 bits per heavy atom. The van der Waals surface area contributed by atoms with Crippen LogP contribution >= 0.6 is 11.7 Å².